The summed E-state index contributed by atoms with van der Waals surface area (Å²) in [6.07, 6.45) is 0.740. The van der Waals surface area contributed by atoms with Crippen LogP contribution in [0.4, 0.5) is 0 Å². The van der Waals surface area contributed by atoms with Gasteiger partial charge in [-0.25, -0.2) is 4.79 Å². The Labute approximate surface area is 146 Å². The Bertz CT molecular complexity index is 616. The van der Waals surface area contributed by atoms with Gasteiger partial charge in [0.15, 0.2) is 0 Å². The van der Waals surface area contributed by atoms with E-state index in [4.69, 9.17) is 21.1 Å². The molecule has 0 aromatic heterocycles. The molecule has 2 saturated heterocycles. The number of carbonyl (C=O) groups excluding carboxylic acids is 2. The second-order valence-corrected chi connectivity index (χ2v) is 6.40. The van der Waals surface area contributed by atoms with Gasteiger partial charge in [0.1, 0.15) is 12.1 Å². The Hall–Kier alpha value is -1.63. The lowest BCUT2D eigenvalue weighted by Gasteiger charge is -2.39. The van der Waals surface area contributed by atoms with Crippen LogP contribution in [0.15, 0.2) is 24.3 Å². The van der Waals surface area contributed by atoms with E-state index in [1.807, 2.05) is 18.2 Å². The van der Waals surface area contributed by atoms with Gasteiger partial charge in [-0.1, -0.05) is 29.8 Å². The van der Waals surface area contributed by atoms with E-state index in [1.165, 1.54) is 7.11 Å². The highest BCUT2D eigenvalue weighted by atomic mass is 35.5. The van der Waals surface area contributed by atoms with E-state index < -0.39 is 6.04 Å². The van der Waals surface area contributed by atoms with Gasteiger partial charge in [-0.05, 0) is 11.6 Å². The van der Waals surface area contributed by atoms with Crippen LogP contribution in [0.1, 0.15) is 18.0 Å². The molecule has 0 bridgehead atoms. The Morgan fingerprint density at radius 1 is 1.29 bits per heavy atom. The molecular formula is C17H21ClN2O4. The summed E-state index contributed by atoms with van der Waals surface area (Å²) in [5.74, 6) is -0.462. The molecule has 0 radical (unpaired) electrons. The Morgan fingerprint density at radius 2 is 2.00 bits per heavy atom. The quantitative estimate of drug-likeness (QED) is 0.765. The summed E-state index contributed by atoms with van der Waals surface area (Å²) in [4.78, 5) is 28.3. The van der Waals surface area contributed by atoms with Gasteiger partial charge < -0.3 is 9.47 Å². The molecule has 0 saturated carbocycles. The number of benzene rings is 1. The fraction of sp³-hybridized carbons (Fsp3) is 0.529. The fourth-order valence-electron chi connectivity index (χ4n) is 3.41. The molecule has 0 N–H and O–H groups in total. The number of ether oxygens (including phenoxy) is 2. The monoisotopic (exact) mass is 352 g/mol. The average molecular weight is 353 g/mol. The summed E-state index contributed by atoms with van der Waals surface area (Å²) in [5.41, 5.74) is 0.750. The number of methoxy groups -OCH3 is 1. The van der Waals surface area contributed by atoms with Gasteiger partial charge in [0.25, 0.3) is 0 Å². The van der Waals surface area contributed by atoms with Crippen molar-refractivity contribution >= 4 is 23.5 Å². The summed E-state index contributed by atoms with van der Waals surface area (Å²) in [5, 5.41) is 0.551. The topological polar surface area (TPSA) is 59.1 Å². The van der Waals surface area contributed by atoms with Crippen LogP contribution in [0.5, 0.6) is 0 Å². The zero-order valence-electron chi connectivity index (χ0n) is 13.6. The third-order valence-electron chi connectivity index (χ3n) is 4.69. The Balaban J connectivity index is 1.73. The fourth-order valence-corrected chi connectivity index (χ4v) is 3.64. The maximum atomic E-state index is 12.3. The van der Waals surface area contributed by atoms with Gasteiger partial charge >= 0.3 is 11.9 Å². The Morgan fingerprint density at radius 3 is 2.58 bits per heavy atom. The number of piperazine rings is 1. The Kier molecular flexibility index (Phi) is 5.38. The molecule has 2 aliphatic rings. The van der Waals surface area contributed by atoms with Gasteiger partial charge in [0.05, 0.1) is 13.7 Å². The summed E-state index contributed by atoms with van der Waals surface area (Å²) < 4.78 is 10.0. The molecule has 7 heteroatoms. The number of halogens is 1. The van der Waals surface area contributed by atoms with E-state index in [0.717, 1.165) is 12.0 Å². The third-order valence-corrected chi connectivity index (χ3v) is 5.03. The van der Waals surface area contributed by atoms with E-state index in [2.05, 4.69) is 9.80 Å². The van der Waals surface area contributed by atoms with E-state index in [1.54, 1.807) is 6.07 Å². The molecule has 2 heterocycles. The van der Waals surface area contributed by atoms with Gasteiger partial charge in [0.2, 0.25) is 0 Å². The minimum atomic E-state index is -0.527. The molecule has 130 valence electrons. The summed E-state index contributed by atoms with van der Waals surface area (Å²) in [6.45, 7) is 3.23. The summed E-state index contributed by atoms with van der Waals surface area (Å²) in [6, 6.07) is 6.65. The lowest BCUT2D eigenvalue weighted by atomic mass is 10.0. The lowest BCUT2D eigenvalue weighted by Crippen LogP contribution is -2.53. The van der Waals surface area contributed by atoms with Crippen molar-refractivity contribution in [3.05, 3.63) is 34.9 Å². The highest BCUT2D eigenvalue weighted by Gasteiger charge is 2.37. The molecule has 24 heavy (non-hydrogen) atoms. The second-order valence-electron chi connectivity index (χ2n) is 5.99. The maximum Gasteiger partial charge on any atom is 0.327 e. The normalized spacial score (nSPS) is 23.8. The standard InChI is InChI=1S/C17H21ClN2O4/c1-23-17(22)15(12-4-2-3-5-13(12)18)20-9-7-19(8-10-20)14-6-11-24-16(14)21/h2-5,14-15H,6-11H2,1H3. The van der Waals surface area contributed by atoms with Crippen molar-refractivity contribution in [2.24, 2.45) is 0 Å². The number of nitrogens with zero attached hydrogens (tertiary/aromatic N) is 2. The summed E-state index contributed by atoms with van der Waals surface area (Å²) in [7, 11) is 1.39. The first-order chi connectivity index (χ1) is 11.6. The minimum Gasteiger partial charge on any atom is -0.468 e. The lowest BCUT2D eigenvalue weighted by molar-refractivity contribution is -0.149. The number of hydrogen-bond acceptors (Lipinski definition) is 6. The van der Waals surface area contributed by atoms with Crippen molar-refractivity contribution in [3.8, 4) is 0 Å². The van der Waals surface area contributed by atoms with E-state index in [0.29, 0.717) is 37.8 Å². The number of hydrogen-bond donors (Lipinski definition) is 0. The maximum absolute atomic E-state index is 12.3. The van der Waals surface area contributed by atoms with Gasteiger partial charge in [-0.3, -0.25) is 14.6 Å². The van der Waals surface area contributed by atoms with Crippen molar-refractivity contribution in [3.63, 3.8) is 0 Å². The van der Waals surface area contributed by atoms with Crippen LogP contribution in [-0.4, -0.2) is 67.7 Å². The van der Waals surface area contributed by atoms with Crippen LogP contribution in [-0.2, 0) is 19.1 Å². The van der Waals surface area contributed by atoms with Crippen LogP contribution < -0.4 is 0 Å². The first-order valence-corrected chi connectivity index (χ1v) is 8.46. The molecule has 1 aromatic carbocycles. The molecule has 0 spiro atoms. The highest BCUT2D eigenvalue weighted by molar-refractivity contribution is 6.31. The van der Waals surface area contributed by atoms with E-state index in [9.17, 15) is 9.59 Å². The van der Waals surface area contributed by atoms with Crippen molar-refractivity contribution in [2.75, 3.05) is 39.9 Å². The molecule has 2 fully saturated rings. The molecule has 0 amide bonds. The van der Waals surface area contributed by atoms with E-state index in [-0.39, 0.29) is 18.0 Å². The molecule has 1 aromatic rings. The van der Waals surface area contributed by atoms with Crippen LogP contribution in [0.25, 0.3) is 0 Å². The molecule has 2 unspecified atom stereocenters. The molecule has 3 rings (SSSR count). The molecular weight excluding hydrogens is 332 g/mol. The average Bonchev–Trinajstić information content (AvgIpc) is 3.03. The third kappa shape index (κ3) is 3.41. The highest BCUT2D eigenvalue weighted by Crippen LogP contribution is 2.30. The smallest absolute Gasteiger partial charge is 0.327 e. The molecule has 2 atom stereocenters. The second kappa shape index (κ2) is 7.51. The predicted molar refractivity (Wildman–Crippen MR) is 88.7 cm³/mol. The zero-order chi connectivity index (χ0) is 17.1. The molecule has 2 aliphatic heterocycles. The van der Waals surface area contributed by atoms with Crippen molar-refractivity contribution < 1.29 is 19.1 Å². The first-order valence-electron chi connectivity index (χ1n) is 8.09. The molecule has 6 nitrogen and oxygen atoms in total. The van der Waals surface area contributed by atoms with Crippen molar-refractivity contribution in [1.29, 1.82) is 0 Å². The van der Waals surface area contributed by atoms with Crippen molar-refractivity contribution in [2.45, 2.75) is 18.5 Å². The number of cyclic esters (lactones) is 1. The minimum absolute atomic E-state index is 0.140. The van der Waals surface area contributed by atoms with Crippen LogP contribution in [0.2, 0.25) is 5.02 Å². The van der Waals surface area contributed by atoms with Crippen molar-refractivity contribution in [1.82, 2.24) is 9.80 Å². The molecule has 0 aliphatic carbocycles. The van der Waals surface area contributed by atoms with Crippen LogP contribution in [0.3, 0.4) is 0 Å². The largest absolute Gasteiger partial charge is 0.468 e. The van der Waals surface area contributed by atoms with Gasteiger partial charge in [-0.15, -0.1) is 0 Å². The first kappa shape index (κ1) is 17.2. The van der Waals surface area contributed by atoms with Crippen LogP contribution in [0, 0.1) is 0 Å². The number of rotatable bonds is 4. The summed E-state index contributed by atoms with van der Waals surface area (Å²) >= 11 is 6.28. The van der Waals surface area contributed by atoms with E-state index >= 15 is 0 Å². The van der Waals surface area contributed by atoms with Crippen LogP contribution >= 0.6 is 11.6 Å². The predicted octanol–water partition coefficient (Wildman–Crippen LogP) is 1.49. The number of esters is 2. The van der Waals surface area contributed by atoms with Gasteiger partial charge in [0, 0.05) is 37.6 Å². The number of carbonyl (C=O) groups is 2. The van der Waals surface area contributed by atoms with Gasteiger partial charge in [-0.2, -0.15) is 0 Å². The zero-order valence-corrected chi connectivity index (χ0v) is 14.4. The SMILES string of the molecule is COC(=O)C(c1ccccc1Cl)N1CCN(C2CCOC2=O)CC1.